The highest BCUT2D eigenvalue weighted by Gasteiger charge is 2.35. The minimum Gasteiger partial charge on any atom is -0.493 e. The smallest absolute Gasteiger partial charge is 0.407 e. The van der Waals surface area contributed by atoms with Crippen LogP contribution in [0.2, 0.25) is 0 Å². The van der Waals surface area contributed by atoms with Crippen molar-refractivity contribution in [1.82, 2.24) is 15.1 Å². The van der Waals surface area contributed by atoms with Gasteiger partial charge in [-0.2, -0.15) is 0 Å². The Balaban J connectivity index is 1.90. The van der Waals surface area contributed by atoms with Gasteiger partial charge in [-0.05, 0) is 36.6 Å². The number of ether oxygens (including phenoxy) is 7. The number of hydrogen-bond donors (Lipinski definition) is 1. The molecule has 0 spiro atoms. The Morgan fingerprint density at radius 1 is 0.750 bits per heavy atom. The largest absolute Gasteiger partial charge is 0.493 e. The number of benzene rings is 2. The fourth-order valence-electron chi connectivity index (χ4n) is 4.89. The maximum absolute atomic E-state index is 13.9. The van der Waals surface area contributed by atoms with E-state index in [1.54, 1.807) is 34.1 Å². The first kappa shape index (κ1) is 33.9. The van der Waals surface area contributed by atoms with Crippen LogP contribution in [0.1, 0.15) is 41.0 Å². The lowest BCUT2D eigenvalue weighted by Gasteiger charge is -2.41. The molecule has 44 heavy (non-hydrogen) atoms. The van der Waals surface area contributed by atoms with Gasteiger partial charge in [0.25, 0.3) is 11.8 Å². The summed E-state index contributed by atoms with van der Waals surface area (Å²) in [4.78, 5) is 43.3. The monoisotopic (exact) mass is 617 g/mol. The maximum atomic E-state index is 13.9. The zero-order valence-electron chi connectivity index (χ0n) is 26.7. The first-order valence-electron chi connectivity index (χ1n) is 14.2. The van der Waals surface area contributed by atoms with Gasteiger partial charge in [0.15, 0.2) is 23.0 Å². The summed E-state index contributed by atoms with van der Waals surface area (Å²) in [5.74, 6) is 1.79. The van der Waals surface area contributed by atoms with Crippen LogP contribution >= 0.6 is 0 Å². The topological polar surface area (TPSA) is 134 Å². The fraction of sp³-hybridized carbons (Fsp3) is 0.516. The molecule has 0 bridgehead atoms. The Hall–Kier alpha value is -4.55. The summed E-state index contributed by atoms with van der Waals surface area (Å²) in [5, 5.41) is 2.74. The van der Waals surface area contributed by atoms with E-state index in [2.05, 4.69) is 19.2 Å². The molecular weight excluding hydrogens is 574 g/mol. The second kappa shape index (κ2) is 15.8. The van der Waals surface area contributed by atoms with E-state index in [9.17, 15) is 14.4 Å². The third-order valence-electron chi connectivity index (χ3n) is 7.25. The van der Waals surface area contributed by atoms with Crippen molar-refractivity contribution in [2.75, 3.05) is 75.4 Å². The highest BCUT2D eigenvalue weighted by Crippen LogP contribution is 2.40. The predicted molar refractivity (Wildman–Crippen MR) is 162 cm³/mol. The SMILES string of the molecule is COc1cc(C(=O)N2CCN(C(=O)c3cc(OC)c(OC)c(OC)c3)C(COC(=O)NCCC(C)C)C2)cc(OC)c1OC. The molecule has 1 saturated heterocycles. The van der Waals surface area contributed by atoms with Crippen LogP contribution in [0.4, 0.5) is 4.79 Å². The normalized spacial score (nSPS) is 14.5. The van der Waals surface area contributed by atoms with Crippen LogP contribution in [0.5, 0.6) is 34.5 Å². The van der Waals surface area contributed by atoms with Crippen LogP contribution in [0, 0.1) is 5.92 Å². The Kier molecular flexibility index (Phi) is 12.2. The van der Waals surface area contributed by atoms with Gasteiger partial charge in [-0.3, -0.25) is 9.59 Å². The molecule has 0 aliphatic carbocycles. The van der Waals surface area contributed by atoms with Crippen LogP contribution in [0.15, 0.2) is 24.3 Å². The Morgan fingerprint density at radius 2 is 1.23 bits per heavy atom. The van der Waals surface area contributed by atoms with E-state index in [0.717, 1.165) is 6.42 Å². The molecule has 0 saturated carbocycles. The number of alkyl carbamates (subject to hydrolysis) is 1. The summed E-state index contributed by atoms with van der Waals surface area (Å²) in [5.41, 5.74) is 0.602. The highest BCUT2D eigenvalue weighted by molar-refractivity contribution is 5.97. The number of rotatable bonds is 13. The zero-order valence-corrected chi connectivity index (χ0v) is 26.7. The number of amides is 3. The van der Waals surface area contributed by atoms with Gasteiger partial charge < -0.3 is 48.3 Å². The van der Waals surface area contributed by atoms with Gasteiger partial charge in [-0.15, -0.1) is 0 Å². The van der Waals surface area contributed by atoms with Crippen LogP contribution < -0.4 is 33.7 Å². The number of nitrogens with zero attached hydrogens (tertiary/aromatic N) is 2. The van der Waals surface area contributed by atoms with Gasteiger partial charge in [-0.1, -0.05) is 13.8 Å². The van der Waals surface area contributed by atoms with Crippen molar-refractivity contribution in [3.05, 3.63) is 35.4 Å². The van der Waals surface area contributed by atoms with Crippen molar-refractivity contribution in [2.45, 2.75) is 26.3 Å². The third kappa shape index (κ3) is 7.88. The van der Waals surface area contributed by atoms with Gasteiger partial charge in [0.05, 0.1) is 48.7 Å². The third-order valence-corrected chi connectivity index (χ3v) is 7.25. The minimum atomic E-state index is -0.655. The van der Waals surface area contributed by atoms with Gasteiger partial charge in [0.2, 0.25) is 11.5 Å². The van der Waals surface area contributed by atoms with Gasteiger partial charge >= 0.3 is 6.09 Å². The average molecular weight is 618 g/mol. The van der Waals surface area contributed by atoms with Crippen LogP contribution in [0.3, 0.4) is 0 Å². The van der Waals surface area contributed by atoms with E-state index in [4.69, 9.17) is 33.2 Å². The molecule has 1 fully saturated rings. The summed E-state index contributed by atoms with van der Waals surface area (Å²) in [6, 6.07) is 5.62. The molecule has 2 aromatic carbocycles. The van der Waals surface area contributed by atoms with E-state index in [0.29, 0.717) is 52.5 Å². The van der Waals surface area contributed by atoms with Crippen LogP contribution in [0.25, 0.3) is 0 Å². The van der Waals surface area contributed by atoms with E-state index in [1.807, 2.05) is 0 Å². The van der Waals surface area contributed by atoms with Gasteiger partial charge in [0.1, 0.15) is 6.61 Å². The summed E-state index contributed by atoms with van der Waals surface area (Å²) in [6.07, 6.45) is 0.195. The number of carbonyl (C=O) groups excluding carboxylic acids is 3. The molecule has 0 radical (unpaired) electrons. The molecule has 13 heteroatoms. The van der Waals surface area contributed by atoms with Crippen molar-refractivity contribution < 1.29 is 47.5 Å². The lowest BCUT2D eigenvalue weighted by atomic mass is 10.1. The fourth-order valence-corrected chi connectivity index (χ4v) is 4.89. The minimum absolute atomic E-state index is 0.102. The maximum Gasteiger partial charge on any atom is 0.407 e. The molecule has 2 aromatic rings. The number of methoxy groups -OCH3 is 6. The van der Waals surface area contributed by atoms with Gasteiger partial charge in [-0.25, -0.2) is 4.79 Å². The lowest BCUT2D eigenvalue weighted by Crippen LogP contribution is -2.58. The molecular formula is C31H43N3O10. The summed E-state index contributed by atoms with van der Waals surface area (Å²) < 4.78 is 38.0. The molecule has 242 valence electrons. The molecule has 13 nitrogen and oxygen atoms in total. The predicted octanol–water partition coefficient (Wildman–Crippen LogP) is 3.48. The average Bonchev–Trinajstić information content (AvgIpc) is 3.04. The molecule has 0 aromatic heterocycles. The molecule has 1 aliphatic heterocycles. The van der Waals surface area contributed by atoms with Crippen molar-refractivity contribution in [3.63, 3.8) is 0 Å². The first-order valence-corrected chi connectivity index (χ1v) is 14.2. The first-order chi connectivity index (χ1) is 21.1. The summed E-state index contributed by atoms with van der Waals surface area (Å²) in [6.45, 7) is 4.94. The molecule has 1 N–H and O–H groups in total. The Morgan fingerprint density at radius 3 is 1.66 bits per heavy atom. The molecule has 3 rings (SSSR count). The van der Waals surface area contributed by atoms with E-state index < -0.39 is 12.1 Å². The molecule has 3 amide bonds. The number of hydrogen-bond acceptors (Lipinski definition) is 10. The molecule has 1 heterocycles. The summed E-state index contributed by atoms with van der Waals surface area (Å²) in [7, 11) is 8.83. The molecule has 1 aliphatic rings. The van der Waals surface area contributed by atoms with Crippen molar-refractivity contribution in [3.8, 4) is 34.5 Å². The Labute approximate surface area is 258 Å². The van der Waals surface area contributed by atoms with Crippen molar-refractivity contribution in [1.29, 1.82) is 0 Å². The quantitative estimate of drug-likeness (QED) is 0.356. The van der Waals surface area contributed by atoms with E-state index in [1.165, 1.54) is 42.7 Å². The standard InChI is InChI=1S/C31H43N3O10/c1-19(2)9-10-32-31(37)44-18-22-17-33(29(35)20-13-23(38-3)27(42-7)24(14-20)39-4)11-12-34(22)30(36)21-15-25(40-5)28(43-8)26(16-21)41-6/h13-16,19,22H,9-12,17-18H2,1-8H3,(H,32,37). The van der Waals surface area contributed by atoms with Gasteiger partial charge in [0, 0.05) is 37.3 Å². The number of carbonyl (C=O) groups is 3. The molecule has 1 atom stereocenters. The van der Waals surface area contributed by atoms with Crippen LogP contribution in [-0.2, 0) is 4.74 Å². The second-order valence-corrected chi connectivity index (χ2v) is 10.4. The van der Waals surface area contributed by atoms with Crippen molar-refractivity contribution >= 4 is 17.9 Å². The van der Waals surface area contributed by atoms with Crippen molar-refractivity contribution in [2.24, 2.45) is 5.92 Å². The second-order valence-electron chi connectivity index (χ2n) is 10.4. The number of nitrogens with one attached hydrogen (secondary N) is 1. The summed E-state index contributed by atoms with van der Waals surface area (Å²) >= 11 is 0. The highest BCUT2D eigenvalue weighted by atomic mass is 16.6. The number of piperazine rings is 1. The van der Waals surface area contributed by atoms with E-state index >= 15 is 0 Å². The lowest BCUT2D eigenvalue weighted by molar-refractivity contribution is 0.0228. The van der Waals surface area contributed by atoms with E-state index in [-0.39, 0.29) is 43.6 Å². The zero-order chi connectivity index (χ0) is 32.4. The molecule has 1 unspecified atom stereocenters. The Bertz CT molecular complexity index is 1270. The van der Waals surface area contributed by atoms with Crippen LogP contribution in [-0.4, -0.2) is 109 Å².